The van der Waals surface area contributed by atoms with Gasteiger partial charge in [0.25, 0.3) is 0 Å². The number of aliphatic hydroxyl groups excluding tert-OH is 1. The molecule has 0 aliphatic rings. The van der Waals surface area contributed by atoms with E-state index in [-0.39, 0.29) is 11.9 Å². The van der Waals surface area contributed by atoms with Crippen molar-refractivity contribution in [2.75, 3.05) is 26.8 Å². The first kappa shape index (κ1) is 19.6. The maximum Gasteiger partial charge on any atom is 0.123 e. The average Bonchev–Trinajstić information content (AvgIpc) is 3.01. The Balaban J connectivity index is 2.04. The number of methoxy groups -OCH3 is 1. The number of nitrogens with zero attached hydrogens (tertiary/aromatic N) is 1. The van der Waals surface area contributed by atoms with Crippen LogP contribution in [0, 0.1) is 5.82 Å². The van der Waals surface area contributed by atoms with Crippen LogP contribution in [0.4, 0.5) is 4.39 Å². The summed E-state index contributed by atoms with van der Waals surface area (Å²) in [5, 5.41) is 10.0. The van der Waals surface area contributed by atoms with E-state index in [0.717, 1.165) is 44.6 Å². The molecule has 1 heterocycles. The highest BCUT2D eigenvalue weighted by molar-refractivity contribution is 5.18. The quantitative estimate of drug-likeness (QED) is 0.608. The minimum Gasteiger partial charge on any atom is -0.387 e. The highest BCUT2D eigenvalue weighted by Crippen LogP contribution is 2.09. The number of rotatable bonds is 11. The molecular formula is C20H30FN2O2+. The Morgan fingerprint density at radius 1 is 1.28 bits per heavy atom. The molecule has 0 saturated heterocycles. The van der Waals surface area contributed by atoms with Crippen LogP contribution in [0.15, 0.2) is 42.6 Å². The zero-order valence-electron chi connectivity index (χ0n) is 15.2. The minimum absolute atomic E-state index is 0.205. The lowest BCUT2D eigenvalue weighted by Gasteiger charge is -2.22. The number of benzene rings is 1. The highest BCUT2D eigenvalue weighted by Gasteiger charge is 2.16. The van der Waals surface area contributed by atoms with E-state index in [1.165, 1.54) is 16.7 Å². The Morgan fingerprint density at radius 2 is 2.12 bits per heavy atom. The third kappa shape index (κ3) is 6.61. The second-order valence-corrected chi connectivity index (χ2v) is 6.55. The molecular weight excluding hydrogens is 319 g/mol. The van der Waals surface area contributed by atoms with Crippen molar-refractivity contribution in [2.45, 2.75) is 39.0 Å². The number of hydrogen-bond acceptors (Lipinski definition) is 2. The van der Waals surface area contributed by atoms with Crippen LogP contribution in [0.3, 0.4) is 0 Å². The number of ether oxygens (including phenoxy) is 1. The van der Waals surface area contributed by atoms with Crippen molar-refractivity contribution in [3.63, 3.8) is 0 Å². The van der Waals surface area contributed by atoms with Crippen LogP contribution in [-0.4, -0.2) is 42.6 Å². The first-order valence-corrected chi connectivity index (χ1v) is 9.01. The fraction of sp³-hybridized carbons (Fsp3) is 0.500. The van der Waals surface area contributed by atoms with Gasteiger partial charge in [0.2, 0.25) is 0 Å². The van der Waals surface area contributed by atoms with Gasteiger partial charge in [-0.1, -0.05) is 19.1 Å². The maximum atomic E-state index is 13.4. The minimum atomic E-state index is -0.288. The summed E-state index contributed by atoms with van der Waals surface area (Å²) in [6.45, 7) is 5.91. The molecule has 0 amide bonds. The van der Waals surface area contributed by atoms with Gasteiger partial charge in [-0.15, -0.1) is 0 Å². The summed E-state index contributed by atoms with van der Waals surface area (Å²) in [5.74, 6) is -0.205. The summed E-state index contributed by atoms with van der Waals surface area (Å²) in [6.07, 6.45) is 3.47. The van der Waals surface area contributed by atoms with Crippen molar-refractivity contribution >= 4 is 0 Å². The summed E-state index contributed by atoms with van der Waals surface area (Å²) in [4.78, 5) is 1.34. The number of halogens is 1. The van der Waals surface area contributed by atoms with E-state index in [1.807, 2.05) is 25.3 Å². The van der Waals surface area contributed by atoms with Gasteiger partial charge in [0.1, 0.15) is 25.0 Å². The number of hydrogen-bond donors (Lipinski definition) is 2. The van der Waals surface area contributed by atoms with Gasteiger partial charge in [-0.05, 0) is 36.2 Å². The predicted octanol–water partition coefficient (Wildman–Crippen LogP) is 1.87. The molecule has 0 saturated carbocycles. The van der Waals surface area contributed by atoms with E-state index < -0.39 is 0 Å². The van der Waals surface area contributed by atoms with E-state index >= 15 is 0 Å². The fourth-order valence-corrected chi connectivity index (χ4v) is 3.06. The summed E-state index contributed by atoms with van der Waals surface area (Å²) >= 11 is 0. The van der Waals surface area contributed by atoms with Gasteiger partial charge in [0, 0.05) is 26.3 Å². The molecule has 2 rings (SSSR count). The third-order valence-corrected chi connectivity index (χ3v) is 4.47. The number of aromatic nitrogens is 1. The molecule has 0 fully saturated rings. The van der Waals surface area contributed by atoms with Crippen molar-refractivity contribution in [2.24, 2.45) is 0 Å². The Hall–Kier alpha value is -1.69. The molecule has 138 valence electrons. The summed E-state index contributed by atoms with van der Waals surface area (Å²) in [5.41, 5.74) is 2.15. The molecule has 25 heavy (non-hydrogen) atoms. The Morgan fingerprint density at radius 3 is 2.84 bits per heavy atom. The van der Waals surface area contributed by atoms with Crippen LogP contribution >= 0.6 is 0 Å². The molecule has 1 aromatic carbocycles. The fourth-order valence-electron chi connectivity index (χ4n) is 3.06. The van der Waals surface area contributed by atoms with Gasteiger partial charge in [-0.25, -0.2) is 4.39 Å². The second kappa shape index (κ2) is 10.3. The summed E-state index contributed by atoms with van der Waals surface area (Å²) < 4.78 is 20.7. The Bertz CT molecular complexity index is 630. The molecule has 2 aromatic rings. The number of quaternary nitrogens is 1. The van der Waals surface area contributed by atoms with Crippen LogP contribution in [0.25, 0.3) is 0 Å². The Labute approximate surface area is 149 Å². The zero-order chi connectivity index (χ0) is 18.1. The van der Waals surface area contributed by atoms with Gasteiger partial charge in [0.05, 0.1) is 18.8 Å². The lowest BCUT2D eigenvalue weighted by Crippen LogP contribution is -3.12. The monoisotopic (exact) mass is 349 g/mol. The second-order valence-electron chi connectivity index (χ2n) is 6.55. The molecule has 0 aliphatic heterocycles. The van der Waals surface area contributed by atoms with Gasteiger partial charge >= 0.3 is 0 Å². The molecule has 5 heteroatoms. The van der Waals surface area contributed by atoms with E-state index in [0.29, 0.717) is 6.54 Å². The lowest BCUT2D eigenvalue weighted by atomic mass is 10.2. The molecule has 0 bridgehead atoms. The van der Waals surface area contributed by atoms with E-state index in [9.17, 15) is 9.50 Å². The van der Waals surface area contributed by atoms with E-state index in [2.05, 4.69) is 10.6 Å². The largest absolute Gasteiger partial charge is 0.387 e. The van der Waals surface area contributed by atoms with Crippen molar-refractivity contribution in [1.29, 1.82) is 0 Å². The lowest BCUT2D eigenvalue weighted by molar-refractivity contribution is -0.917. The van der Waals surface area contributed by atoms with Crippen molar-refractivity contribution in [1.82, 2.24) is 4.57 Å². The Kier molecular flexibility index (Phi) is 8.12. The zero-order valence-corrected chi connectivity index (χ0v) is 15.2. The van der Waals surface area contributed by atoms with E-state index in [4.69, 9.17) is 4.74 Å². The summed E-state index contributed by atoms with van der Waals surface area (Å²) in [7, 11) is 1.71. The van der Waals surface area contributed by atoms with Crippen LogP contribution in [0.5, 0.6) is 0 Å². The highest BCUT2D eigenvalue weighted by atomic mass is 19.1. The van der Waals surface area contributed by atoms with Gasteiger partial charge in [-0.2, -0.15) is 0 Å². The maximum absolute atomic E-state index is 13.4. The van der Waals surface area contributed by atoms with Crippen LogP contribution < -0.4 is 4.90 Å². The molecule has 0 aliphatic carbocycles. The predicted molar refractivity (Wildman–Crippen MR) is 97.1 cm³/mol. The van der Waals surface area contributed by atoms with Gasteiger partial charge < -0.3 is 19.3 Å². The van der Waals surface area contributed by atoms with Crippen LogP contribution in [0.1, 0.15) is 31.0 Å². The average molecular weight is 349 g/mol. The normalized spacial score (nSPS) is 13.8. The molecule has 1 unspecified atom stereocenters. The molecule has 4 nitrogen and oxygen atoms in total. The SMILES string of the molecule is CC[C@@H](O)C[NH+](CCCOC)Cc1cccn1Cc1cccc(F)c1. The van der Waals surface area contributed by atoms with Crippen molar-refractivity contribution in [3.05, 3.63) is 59.7 Å². The third-order valence-electron chi connectivity index (χ3n) is 4.47. The number of nitrogens with one attached hydrogen (secondary N) is 1. The smallest absolute Gasteiger partial charge is 0.123 e. The van der Waals surface area contributed by atoms with Crippen LogP contribution in [-0.2, 0) is 17.8 Å². The first-order chi connectivity index (χ1) is 12.1. The first-order valence-electron chi connectivity index (χ1n) is 9.01. The molecule has 2 N–H and O–H groups in total. The standard InChI is InChI=1S/C20H29FN2O2/c1-3-20(24)16-22(10-6-12-25-2)15-19-9-5-11-23(19)14-17-7-4-8-18(21)13-17/h4-5,7-9,11,13,20,24H,3,6,10,12,14-16H2,1-2H3/p+1/t20-/m1/s1. The van der Waals surface area contributed by atoms with Gasteiger partial charge in [0.15, 0.2) is 0 Å². The molecule has 2 atom stereocenters. The van der Waals surface area contributed by atoms with Crippen LogP contribution in [0.2, 0.25) is 0 Å². The molecule has 0 radical (unpaired) electrons. The van der Waals surface area contributed by atoms with Crippen molar-refractivity contribution in [3.8, 4) is 0 Å². The molecule has 1 aromatic heterocycles. The van der Waals surface area contributed by atoms with E-state index in [1.54, 1.807) is 19.2 Å². The van der Waals surface area contributed by atoms with Gasteiger partial charge in [-0.3, -0.25) is 0 Å². The topological polar surface area (TPSA) is 38.8 Å². The molecule has 0 spiro atoms. The summed E-state index contributed by atoms with van der Waals surface area (Å²) in [6, 6.07) is 10.9. The van der Waals surface area contributed by atoms with Crippen molar-refractivity contribution < 1.29 is 19.1 Å². The number of aliphatic hydroxyl groups is 1.